The molecule has 1 aliphatic rings. The van der Waals surface area contributed by atoms with Gasteiger partial charge in [0, 0.05) is 23.5 Å². The van der Waals surface area contributed by atoms with Gasteiger partial charge in [0.2, 0.25) is 0 Å². The zero-order valence-electron chi connectivity index (χ0n) is 20.7. The molecule has 1 atom stereocenters. The first-order valence-corrected chi connectivity index (χ1v) is 14.3. The molecule has 0 saturated heterocycles. The summed E-state index contributed by atoms with van der Waals surface area (Å²) in [7, 11) is -3.94. The molecule has 3 aromatic rings. The summed E-state index contributed by atoms with van der Waals surface area (Å²) in [6.07, 6.45) is 3.52. The van der Waals surface area contributed by atoms with Crippen molar-refractivity contribution in [3.63, 3.8) is 0 Å². The maximum atomic E-state index is 13.0. The Labute approximate surface area is 239 Å². The number of carbonyl (C=O) groups excluding carboxylic acids is 1. The molecule has 0 N–H and O–H groups in total. The van der Waals surface area contributed by atoms with Crippen LogP contribution in [0.5, 0.6) is 11.5 Å². The number of esters is 1. The molecular weight excluding hydrogens is 591 g/mol. The van der Waals surface area contributed by atoms with Crippen molar-refractivity contribution < 1.29 is 40.9 Å². The number of pyridine rings is 1. The summed E-state index contributed by atoms with van der Waals surface area (Å²) in [4.78, 5) is 12.8. The Bertz CT molecular complexity index is 1480. The highest BCUT2D eigenvalue weighted by molar-refractivity contribution is 7.94. The molecule has 0 unspecified atom stereocenters. The number of halogens is 4. The predicted molar refractivity (Wildman–Crippen MR) is 142 cm³/mol. The van der Waals surface area contributed by atoms with Crippen LogP contribution in [0.15, 0.2) is 77.3 Å². The second-order valence-corrected chi connectivity index (χ2v) is 11.6. The molecule has 0 bridgehead atoms. The van der Waals surface area contributed by atoms with E-state index in [1.54, 1.807) is 6.07 Å². The Kier molecular flexibility index (Phi) is 9.49. The quantitative estimate of drug-likeness (QED) is 0.109. The molecule has 1 heterocycles. The van der Waals surface area contributed by atoms with Crippen molar-refractivity contribution in [1.29, 1.82) is 0 Å². The minimum atomic E-state index is -3.94. The lowest BCUT2D eigenvalue weighted by molar-refractivity contribution is -0.605. The average molecular weight is 614 g/mol. The fraction of sp³-hybridized carbons (Fsp3) is 0.259. The lowest BCUT2D eigenvalue weighted by atomic mass is 10.0. The van der Waals surface area contributed by atoms with Crippen LogP contribution in [0, 0.1) is 11.1 Å². The minimum absolute atomic E-state index is 0.00592. The van der Waals surface area contributed by atoms with Crippen LogP contribution in [0.1, 0.15) is 30.1 Å². The number of rotatable bonds is 12. The molecular formula is C27H23Cl2F2NO7S. The van der Waals surface area contributed by atoms with Gasteiger partial charge >= 0.3 is 12.6 Å². The second-order valence-electron chi connectivity index (χ2n) is 8.92. The van der Waals surface area contributed by atoms with Gasteiger partial charge in [-0.25, -0.2) is 13.2 Å². The van der Waals surface area contributed by atoms with E-state index >= 15 is 0 Å². The summed E-state index contributed by atoms with van der Waals surface area (Å²) >= 11 is 12.5. The number of benzene rings is 2. The molecule has 0 aliphatic heterocycles. The number of hydrogen-bond donors (Lipinski definition) is 0. The van der Waals surface area contributed by atoms with Gasteiger partial charge in [-0.3, -0.25) is 0 Å². The van der Waals surface area contributed by atoms with Crippen molar-refractivity contribution in [2.24, 2.45) is 5.92 Å². The van der Waals surface area contributed by atoms with Crippen LogP contribution < -0.4 is 14.2 Å². The Morgan fingerprint density at radius 1 is 1.07 bits per heavy atom. The number of aromatic nitrogens is 1. The normalized spacial score (nSPS) is 14.3. The van der Waals surface area contributed by atoms with E-state index in [4.69, 9.17) is 32.7 Å². The van der Waals surface area contributed by atoms with E-state index in [9.17, 15) is 27.2 Å². The van der Waals surface area contributed by atoms with Crippen LogP contribution in [0.2, 0.25) is 10.0 Å². The van der Waals surface area contributed by atoms with E-state index in [-0.39, 0.29) is 45.0 Å². The highest BCUT2D eigenvalue weighted by Gasteiger charge is 2.26. The van der Waals surface area contributed by atoms with Crippen LogP contribution in [0.4, 0.5) is 8.78 Å². The van der Waals surface area contributed by atoms with Gasteiger partial charge < -0.3 is 19.4 Å². The van der Waals surface area contributed by atoms with Crippen LogP contribution >= 0.6 is 23.2 Å². The van der Waals surface area contributed by atoms with Gasteiger partial charge in [-0.05, 0) is 48.6 Å². The first-order valence-electron chi connectivity index (χ1n) is 12.0. The number of carbonyl (C=O) groups is 1. The van der Waals surface area contributed by atoms with Crippen molar-refractivity contribution in [2.45, 2.75) is 36.9 Å². The second kappa shape index (κ2) is 12.8. The van der Waals surface area contributed by atoms with Gasteiger partial charge in [0.25, 0.3) is 0 Å². The van der Waals surface area contributed by atoms with Crippen LogP contribution in [0.25, 0.3) is 0 Å². The Hall–Kier alpha value is -3.41. The molecule has 212 valence electrons. The van der Waals surface area contributed by atoms with Gasteiger partial charge in [-0.1, -0.05) is 47.5 Å². The van der Waals surface area contributed by atoms with Crippen molar-refractivity contribution in [3.05, 3.63) is 98.8 Å². The van der Waals surface area contributed by atoms with Gasteiger partial charge in [0.1, 0.15) is 16.1 Å². The topological polar surface area (TPSA) is 106 Å². The molecule has 2 aromatic carbocycles. The number of sulfone groups is 1. The van der Waals surface area contributed by atoms with Gasteiger partial charge in [-0.15, -0.1) is 0 Å². The highest BCUT2D eigenvalue weighted by atomic mass is 35.5. The molecule has 8 nitrogen and oxygen atoms in total. The fourth-order valence-electron chi connectivity index (χ4n) is 3.68. The maximum Gasteiger partial charge on any atom is 0.387 e. The molecule has 1 aromatic heterocycles. The van der Waals surface area contributed by atoms with E-state index in [0.717, 1.165) is 31.3 Å². The third-order valence-corrected chi connectivity index (χ3v) is 7.96. The monoisotopic (exact) mass is 613 g/mol. The SMILES string of the molecule is O=C(/C=C\S(=O)(=O)c1ccccc1)O[C@@H](Cc1c(Cl)c[n+]([O-])cc1Cl)c1ccc(OC(F)F)c(OCC2CC2)c1. The lowest BCUT2D eigenvalue weighted by Gasteiger charge is -2.21. The molecule has 0 spiro atoms. The first-order chi connectivity index (χ1) is 19.0. The summed E-state index contributed by atoms with van der Waals surface area (Å²) in [5.74, 6) is -0.911. The van der Waals surface area contributed by atoms with Crippen LogP contribution in [-0.4, -0.2) is 27.6 Å². The summed E-state index contributed by atoms with van der Waals surface area (Å²) in [6.45, 7) is -2.81. The zero-order chi connectivity index (χ0) is 28.9. The smallest absolute Gasteiger partial charge is 0.387 e. The number of hydrogen-bond acceptors (Lipinski definition) is 7. The predicted octanol–water partition coefficient (Wildman–Crippen LogP) is 5.83. The molecule has 0 amide bonds. The standard InChI is InChI=1S/C27H23Cl2F2NO7S/c28-21-14-32(34)15-22(29)20(21)13-24(38-26(33)10-11-40(35,36)19-4-2-1-3-5-19)18-8-9-23(39-27(30)31)25(12-18)37-16-17-6-7-17/h1-5,8-12,14-15,17,24,27H,6-7,13,16H2/b11-10-/t24-/m0/s1. The minimum Gasteiger partial charge on any atom is -0.619 e. The van der Waals surface area contributed by atoms with Crippen molar-refractivity contribution in [3.8, 4) is 11.5 Å². The Morgan fingerprint density at radius 3 is 2.38 bits per heavy atom. The Balaban J connectivity index is 1.65. The lowest BCUT2D eigenvalue weighted by Crippen LogP contribution is -2.25. The Morgan fingerprint density at radius 2 is 1.75 bits per heavy atom. The molecule has 13 heteroatoms. The average Bonchev–Trinajstić information content (AvgIpc) is 3.73. The van der Waals surface area contributed by atoms with Gasteiger partial charge in [0.15, 0.2) is 33.7 Å². The van der Waals surface area contributed by atoms with Crippen molar-refractivity contribution >= 4 is 39.0 Å². The molecule has 40 heavy (non-hydrogen) atoms. The first kappa shape index (κ1) is 29.6. The van der Waals surface area contributed by atoms with E-state index < -0.39 is 28.5 Å². The van der Waals surface area contributed by atoms with Crippen molar-refractivity contribution in [2.75, 3.05) is 6.61 Å². The fourth-order valence-corrected chi connectivity index (χ4v) is 5.26. The van der Waals surface area contributed by atoms with Crippen LogP contribution in [0.3, 0.4) is 0 Å². The van der Waals surface area contributed by atoms with Crippen LogP contribution in [-0.2, 0) is 25.8 Å². The molecule has 0 radical (unpaired) electrons. The number of alkyl halides is 2. The van der Waals surface area contributed by atoms with Gasteiger partial charge in [-0.2, -0.15) is 13.5 Å². The molecule has 1 saturated carbocycles. The summed E-state index contributed by atoms with van der Waals surface area (Å²) in [5.41, 5.74) is 0.563. The molecule has 4 rings (SSSR count). The summed E-state index contributed by atoms with van der Waals surface area (Å²) < 4.78 is 67.4. The van der Waals surface area contributed by atoms with E-state index in [1.165, 1.54) is 42.5 Å². The van der Waals surface area contributed by atoms with E-state index in [1.807, 2.05) is 0 Å². The van der Waals surface area contributed by atoms with E-state index in [0.29, 0.717) is 21.6 Å². The maximum absolute atomic E-state index is 13.0. The molecule has 1 aliphatic carbocycles. The van der Waals surface area contributed by atoms with E-state index in [2.05, 4.69) is 4.74 Å². The largest absolute Gasteiger partial charge is 0.619 e. The molecule has 1 fully saturated rings. The van der Waals surface area contributed by atoms with Crippen molar-refractivity contribution in [1.82, 2.24) is 0 Å². The third-order valence-electron chi connectivity index (χ3n) is 5.89. The number of nitrogens with zero attached hydrogens (tertiary/aromatic N) is 1. The third kappa shape index (κ3) is 8.06. The number of ether oxygens (including phenoxy) is 3. The summed E-state index contributed by atoms with van der Waals surface area (Å²) in [5, 5.41) is 12.4. The summed E-state index contributed by atoms with van der Waals surface area (Å²) in [6, 6.07) is 11.5. The zero-order valence-corrected chi connectivity index (χ0v) is 23.0. The van der Waals surface area contributed by atoms with Gasteiger partial charge in [0.05, 0.1) is 11.5 Å². The highest BCUT2D eigenvalue weighted by Crippen LogP contribution is 2.37.